The Balaban J connectivity index is 1.48. The number of nitrogens with one attached hydrogen (secondary N) is 2. The highest BCUT2D eigenvalue weighted by Crippen LogP contribution is 2.48. The molecule has 184 valence electrons. The van der Waals surface area contributed by atoms with Crippen LogP contribution >= 0.6 is 0 Å². The highest BCUT2D eigenvalue weighted by atomic mass is 19.1. The Morgan fingerprint density at radius 1 is 1.25 bits per heavy atom. The number of nitrogens with zero attached hydrogens (tertiary/aromatic N) is 5. The number of aromatic nitrogens is 5. The third kappa shape index (κ3) is 3.62. The number of halogens is 1. The number of rotatable bonds is 5. The van der Waals surface area contributed by atoms with E-state index in [1.165, 1.54) is 10.6 Å². The number of aromatic amines is 1. The number of carboxylic acid groups (broad SMARTS) is 1. The van der Waals surface area contributed by atoms with Crippen molar-refractivity contribution in [2.24, 2.45) is 28.7 Å². The molecule has 4 heterocycles. The molecule has 3 aliphatic rings. The minimum absolute atomic E-state index is 0.159. The molecule has 4 aromatic rings. The topological polar surface area (TPSA) is 138 Å². The normalized spacial score (nSPS) is 23.6. The van der Waals surface area contributed by atoms with E-state index in [2.05, 4.69) is 30.4 Å². The molecule has 7 rings (SSSR count). The van der Waals surface area contributed by atoms with Gasteiger partial charge in [0, 0.05) is 42.5 Å². The molecule has 0 spiro atoms. The summed E-state index contributed by atoms with van der Waals surface area (Å²) in [5, 5.41) is 17.6. The molecule has 3 fully saturated rings. The van der Waals surface area contributed by atoms with Crippen molar-refractivity contribution in [3.63, 3.8) is 0 Å². The maximum absolute atomic E-state index is 13.9. The van der Waals surface area contributed by atoms with Gasteiger partial charge in [-0.3, -0.25) is 9.59 Å². The fourth-order valence-corrected chi connectivity index (χ4v) is 5.86. The summed E-state index contributed by atoms with van der Waals surface area (Å²) in [5.41, 5.74) is 1.91. The molecule has 3 N–H and O–H groups in total. The molecule has 0 radical (unpaired) electrons. The number of carboxylic acids is 1. The average Bonchev–Trinajstić information content (AvgIpc) is 3.51. The standard InChI is InChI=1S/C25H24FN7O3/c1-27-24(34)14-6-19-23(30-9-17-12-2-4-13(5-3-12)20(17)25(35)36)31-22(32-33(19)11-14)18-10-29-21-16(18)7-15(26)8-28-21/h6-13,17,20H,2-5H2,1H3,(H,27,34)(H,28,29)(H,35,36)/b30-9-/t12?,13?,17?,20-/m0/s1. The number of fused-ring (bicyclic) bond motifs is 5. The van der Waals surface area contributed by atoms with E-state index in [1.807, 2.05) is 0 Å². The molecule has 1 amide bonds. The number of amides is 1. The Morgan fingerprint density at radius 2 is 2.03 bits per heavy atom. The zero-order valence-electron chi connectivity index (χ0n) is 19.5. The van der Waals surface area contributed by atoms with Gasteiger partial charge in [0.2, 0.25) is 0 Å². The van der Waals surface area contributed by atoms with Gasteiger partial charge in [0.25, 0.3) is 5.91 Å². The first-order chi connectivity index (χ1) is 17.4. The maximum atomic E-state index is 13.9. The second-order valence-electron chi connectivity index (χ2n) is 9.54. The fourth-order valence-electron chi connectivity index (χ4n) is 5.86. The molecule has 3 saturated carbocycles. The number of aliphatic imine (C=N–C) groups is 1. The Hall–Kier alpha value is -4.15. The molecule has 10 nitrogen and oxygen atoms in total. The van der Waals surface area contributed by atoms with Crippen molar-refractivity contribution >= 4 is 40.5 Å². The first-order valence-electron chi connectivity index (χ1n) is 12.0. The number of hydrogen-bond acceptors (Lipinski definition) is 6. The van der Waals surface area contributed by atoms with Crippen LogP contribution in [-0.4, -0.2) is 54.8 Å². The van der Waals surface area contributed by atoms with Crippen molar-refractivity contribution < 1.29 is 19.1 Å². The fraction of sp³-hybridized carbons (Fsp3) is 0.360. The smallest absolute Gasteiger partial charge is 0.307 e. The summed E-state index contributed by atoms with van der Waals surface area (Å²) in [5.74, 6) is -1.20. The highest BCUT2D eigenvalue weighted by molar-refractivity contribution is 5.97. The largest absolute Gasteiger partial charge is 0.481 e. The van der Waals surface area contributed by atoms with E-state index in [9.17, 15) is 19.1 Å². The summed E-state index contributed by atoms with van der Waals surface area (Å²) in [4.78, 5) is 40.8. The lowest BCUT2D eigenvalue weighted by molar-refractivity contribution is -0.149. The maximum Gasteiger partial charge on any atom is 0.307 e. The van der Waals surface area contributed by atoms with Crippen molar-refractivity contribution in [1.29, 1.82) is 0 Å². The third-order valence-electron chi connectivity index (χ3n) is 7.61. The van der Waals surface area contributed by atoms with Crippen molar-refractivity contribution in [2.75, 3.05) is 7.05 Å². The molecule has 2 bridgehead atoms. The molecule has 0 aliphatic heterocycles. The zero-order chi connectivity index (χ0) is 25.0. The molecule has 1 unspecified atom stereocenters. The molecular weight excluding hydrogens is 465 g/mol. The van der Waals surface area contributed by atoms with Gasteiger partial charge in [-0.2, -0.15) is 0 Å². The van der Waals surface area contributed by atoms with Crippen LogP contribution in [0.15, 0.2) is 35.7 Å². The minimum Gasteiger partial charge on any atom is -0.481 e. The van der Waals surface area contributed by atoms with E-state index in [0.717, 1.165) is 31.9 Å². The van der Waals surface area contributed by atoms with Gasteiger partial charge in [0.05, 0.1) is 17.7 Å². The number of pyridine rings is 1. The monoisotopic (exact) mass is 489 g/mol. The van der Waals surface area contributed by atoms with Crippen LogP contribution in [0.2, 0.25) is 0 Å². The average molecular weight is 490 g/mol. The summed E-state index contributed by atoms with van der Waals surface area (Å²) in [6.07, 6.45) is 9.94. The van der Waals surface area contributed by atoms with Gasteiger partial charge in [-0.05, 0) is 49.7 Å². The minimum atomic E-state index is -0.785. The molecule has 3 aliphatic carbocycles. The van der Waals surface area contributed by atoms with Gasteiger partial charge >= 0.3 is 5.97 Å². The lowest BCUT2D eigenvalue weighted by Gasteiger charge is -2.45. The quantitative estimate of drug-likeness (QED) is 0.366. The Morgan fingerprint density at radius 3 is 2.78 bits per heavy atom. The van der Waals surface area contributed by atoms with E-state index < -0.39 is 17.7 Å². The van der Waals surface area contributed by atoms with Crippen LogP contribution in [0, 0.1) is 29.5 Å². The number of carbonyl (C=O) groups excluding carboxylic acids is 1. The SMILES string of the molecule is CNC(=O)c1cc2c(/N=C\C3C4CCC(CC4)[C@@H]3C(=O)O)nc(-c3c[nH]c4ncc(F)cc34)nn2c1. The van der Waals surface area contributed by atoms with Crippen LogP contribution in [0.5, 0.6) is 0 Å². The van der Waals surface area contributed by atoms with Gasteiger partial charge < -0.3 is 15.4 Å². The predicted octanol–water partition coefficient (Wildman–Crippen LogP) is 3.61. The second-order valence-corrected chi connectivity index (χ2v) is 9.54. The summed E-state index contributed by atoms with van der Waals surface area (Å²) in [6.45, 7) is 0. The van der Waals surface area contributed by atoms with Crippen LogP contribution in [-0.2, 0) is 4.79 Å². The number of hydrogen-bond donors (Lipinski definition) is 3. The van der Waals surface area contributed by atoms with E-state index in [4.69, 9.17) is 0 Å². The third-order valence-corrected chi connectivity index (χ3v) is 7.61. The first kappa shape index (κ1) is 22.3. The highest BCUT2D eigenvalue weighted by Gasteiger charge is 2.46. The molecule has 0 saturated heterocycles. The Bertz CT molecular complexity index is 1530. The molecule has 0 aromatic carbocycles. The lowest BCUT2D eigenvalue weighted by atomic mass is 9.59. The van der Waals surface area contributed by atoms with E-state index in [1.54, 1.807) is 31.7 Å². The molecule has 11 heteroatoms. The van der Waals surface area contributed by atoms with Crippen molar-refractivity contribution in [1.82, 2.24) is 29.9 Å². The van der Waals surface area contributed by atoms with Gasteiger partial charge in [0.15, 0.2) is 11.6 Å². The summed E-state index contributed by atoms with van der Waals surface area (Å²) >= 11 is 0. The number of carbonyl (C=O) groups is 2. The van der Waals surface area contributed by atoms with E-state index >= 15 is 0 Å². The van der Waals surface area contributed by atoms with Crippen LogP contribution in [0.25, 0.3) is 27.9 Å². The molecular formula is C25H24FN7O3. The van der Waals surface area contributed by atoms with Gasteiger partial charge in [-0.15, -0.1) is 5.10 Å². The van der Waals surface area contributed by atoms with Crippen molar-refractivity contribution in [3.8, 4) is 11.4 Å². The predicted molar refractivity (Wildman–Crippen MR) is 130 cm³/mol. The van der Waals surface area contributed by atoms with E-state index in [-0.39, 0.29) is 29.5 Å². The van der Waals surface area contributed by atoms with Crippen LogP contribution in [0.3, 0.4) is 0 Å². The Kier molecular flexibility index (Phi) is 5.27. The van der Waals surface area contributed by atoms with Crippen LogP contribution in [0.1, 0.15) is 36.0 Å². The first-order valence-corrected chi connectivity index (χ1v) is 12.0. The summed E-state index contributed by atoms with van der Waals surface area (Å²) < 4.78 is 15.5. The lowest BCUT2D eigenvalue weighted by Crippen LogP contribution is -2.44. The summed E-state index contributed by atoms with van der Waals surface area (Å²) in [6, 6.07) is 3.00. The van der Waals surface area contributed by atoms with Crippen LogP contribution < -0.4 is 5.32 Å². The van der Waals surface area contributed by atoms with E-state index in [0.29, 0.717) is 33.5 Å². The van der Waals surface area contributed by atoms with Crippen molar-refractivity contribution in [2.45, 2.75) is 25.7 Å². The molecule has 2 atom stereocenters. The van der Waals surface area contributed by atoms with Crippen LogP contribution in [0.4, 0.5) is 10.2 Å². The van der Waals surface area contributed by atoms with Gasteiger partial charge in [-0.25, -0.2) is 23.9 Å². The Labute approximate surface area is 204 Å². The molecule has 36 heavy (non-hydrogen) atoms. The van der Waals surface area contributed by atoms with Gasteiger partial charge in [-0.1, -0.05) is 0 Å². The molecule has 4 aromatic heterocycles. The number of aliphatic carboxylic acids is 1. The number of H-pyrrole nitrogens is 1. The zero-order valence-corrected chi connectivity index (χ0v) is 19.5. The summed E-state index contributed by atoms with van der Waals surface area (Å²) in [7, 11) is 1.54. The van der Waals surface area contributed by atoms with Crippen molar-refractivity contribution in [3.05, 3.63) is 42.1 Å². The van der Waals surface area contributed by atoms with Gasteiger partial charge in [0.1, 0.15) is 17.0 Å². The second kappa shape index (κ2) is 8.51.